The first-order valence-corrected chi connectivity index (χ1v) is 6.90. The number of carbonyl (C=O) groups is 1. The Labute approximate surface area is 131 Å². The predicted octanol–water partition coefficient (Wildman–Crippen LogP) is 0.731. The Morgan fingerprint density at radius 1 is 1.22 bits per heavy atom. The lowest BCUT2D eigenvalue weighted by molar-refractivity contribution is 0.140. The van der Waals surface area contributed by atoms with Crippen molar-refractivity contribution in [2.75, 3.05) is 6.54 Å². The maximum atomic E-state index is 11.5. The first kappa shape index (κ1) is 16.1. The van der Waals surface area contributed by atoms with E-state index < -0.39 is 17.3 Å². The summed E-state index contributed by atoms with van der Waals surface area (Å²) < 4.78 is 5.03. The van der Waals surface area contributed by atoms with Crippen LogP contribution in [-0.4, -0.2) is 22.6 Å². The normalized spacial score (nSPS) is 9.57. The van der Waals surface area contributed by atoms with Gasteiger partial charge in [0.05, 0.1) is 0 Å². The Balaban J connectivity index is 1.71. The average molecular weight is 313 g/mol. The lowest BCUT2D eigenvalue weighted by Crippen LogP contribution is -2.25. The molecule has 0 unspecified atom stereocenters. The molecule has 1 heterocycles. The highest BCUT2D eigenvalue weighted by molar-refractivity contribution is 5.67. The number of H-pyrrole nitrogens is 2. The van der Waals surface area contributed by atoms with Gasteiger partial charge in [0.1, 0.15) is 12.2 Å². The number of nitrogens with one attached hydrogen (secondary N) is 3. The smallest absolute Gasteiger partial charge is 0.407 e. The van der Waals surface area contributed by atoms with Crippen molar-refractivity contribution in [2.24, 2.45) is 0 Å². The Bertz CT molecular complexity index is 828. The summed E-state index contributed by atoms with van der Waals surface area (Å²) in [6.07, 6.45) is 1.06. The zero-order chi connectivity index (χ0) is 16.5. The van der Waals surface area contributed by atoms with Crippen LogP contribution in [0.5, 0.6) is 0 Å². The van der Waals surface area contributed by atoms with Crippen LogP contribution >= 0.6 is 0 Å². The number of hydrogen-bond acceptors (Lipinski definition) is 4. The summed E-state index contributed by atoms with van der Waals surface area (Å²) >= 11 is 0. The second kappa shape index (κ2) is 8.24. The fraction of sp³-hybridized carbons (Fsp3) is 0.188. The summed E-state index contributed by atoms with van der Waals surface area (Å²) in [5, 5.41) is 2.56. The van der Waals surface area contributed by atoms with Gasteiger partial charge in [-0.1, -0.05) is 42.2 Å². The Morgan fingerprint density at radius 3 is 2.74 bits per heavy atom. The van der Waals surface area contributed by atoms with Gasteiger partial charge in [-0.2, -0.15) is 0 Å². The predicted molar refractivity (Wildman–Crippen MR) is 83.8 cm³/mol. The third-order valence-electron chi connectivity index (χ3n) is 2.77. The molecule has 1 amide bonds. The van der Waals surface area contributed by atoms with Gasteiger partial charge in [-0.3, -0.25) is 9.78 Å². The molecule has 1 aromatic carbocycles. The van der Waals surface area contributed by atoms with Crippen LogP contribution in [0.1, 0.15) is 17.5 Å². The van der Waals surface area contributed by atoms with E-state index in [2.05, 4.69) is 27.1 Å². The van der Waals surface area contributed by atoms with Gasteiger partial charge in [-0.05, 0) is 5.56 Å². The zero-order valence-corrected chi connectivity index (χ0v) is 12.2. The van der Waals surface area contributed by atoms with Gasteiger partial charge in [0.15, 0.2) is 0 Å². The summed E-state index contributed by atoms with van der Waals surface area (Å²) in [5.74, 6) is 5.34. The second-order valence-electron chi connectivity index (χ2n) is 4.53. The minimum Gasteiger partial charge on any atom is -0.445 e. The van der Waals surface area contributed by atoms with Crippen LogP contribution in [0.15, 0.2) is 46.1 Å². The van der Waals surface area contributed by atoms with Gasteiger partial charge < -0.3 is 15.0 Å². The largest absolute Gasteiger partial charge is 0.445 e. The van der Waals surface area contributed by atoms with Crippen molar-refractivity contribution in [3.63, 3.8) is 0 Å². The first-order valence-electron chi connectivity index (χ1n) is 6.90. The van der Waals surface area contributed by atoms with E-state index >= 15 is 0 Å². The molecule has 2 aromatic rings. The van der Waals surface area contributed by atoms with Gasteiger partial charge in [0, 0.05) is 19.2 Å². The van der Waals surface area contributed by atoms with Crippen molar-refractivity contribution in [1.82, 2.24) is 15.3 Å². The van der Waals surface area contributed by atoms with Gasteiger partial charge >= 0.3 is 11.8 Å². The van der Waals surface area contributed by atoms with Gasteiger partial charge in [-0.15, -0.1) is 0 Å². The molecule has 3 N–H and O–H groups in total. The minimum absolute atomic E-state index is 0.163. The third kappa shape index (κ3) is 5.55. The molecule has 0 saturated carbocycles. The zero-order valence-electron chi connectivity index (χ0n) is 12.2. The number of aromatic nitrogens is 2. The van der Waals surface area contributed by atoms with E-state index in [1.54, 1.807) is 0 Å². The molecule has 1 aromatic heterocycles. The Kier molecular flexibility index (Phi) is 5.77. The second-order valence-corrected chi connectivity index (χ2v) is 4.53. The van der Waals surface area contributed by atoms with Crippen LogP contribution in [0.4, 0.5) is 4.79 Å². The van der Waals surface area contributed by atoms with E-state index in [1.165, 1.54) is 6.20 Å². The van der Waals surface area contributed by atoms with Crippen molar-refractivity contribution in [1.29, 1.82) is 0 Å². The minimum atomic E-state index is -0.580. The molecular weight excluding hydrogens is 298 g/mol. The summed E-state index contributed by atoms with van der Waals surface area (Å²) in [6, 6.07) is 9.34. The lowest BCUT2D eigenvalue weighted by Gasteiger charge is -2.05. The third-order valence-corrected chi connectivity index (χ3v) is 2.77. The van der Waals surface area contributed by atoms with E-state index in [0.717, 1.165) is 5.56 Å². The lowest BCUT2D eigenvalue weighted by atomic mass is 10.2. The fourth-order valence-electron chi connectivity index (χ4n) is 1.66. The molecule has 0 aliphatic carbocycles. The van der Waals surface area contributed by atoms with E-state index in [-0.39, 0.29) is 12.2 Å². The number of benzene rings is 1. The number of ether oxygens (including phenoxy) is 1. The SMILES string of the molecule is O=C(NCCC#Cc1c[nH]c(=O)[nH]c1=O)OCc1ccccc1. The first-order chi connectivity index (χ1) is 11.1. The van der Waals surface area contributed by atoms with Crippen LogP contribution in [0.2, 0.25) is 0 Å². The van der Waals surface area contributed by atoms with Crippen LogP contribution in [0.25, 0.3) is 0 Å². The summed E-state index contributed by atoms with van der Waals surface area (Å²) in [7, 11) is 0. The van der Waals surface area contributed by atoms with Gasteiger partial charge in [-0.25, -0.2) is 9.59 Å². The highest BCUT2D eigenvalue weighted by Crippen LogP contribution is 2.00. The number of alkyl carbamates (subject to hydrolysis) is 1. The van der Waals surface area contributed by atoms with Crippen molar-refractivity contribution in [3.05, 3.63) is 68.5 Å². The van der Waals surface area contributed by atoms with E-state index in [0.29, 0.717) is 13.0 Å². The van der Waals surface area contributed by atoms with Crippen LogP contribution in [0.3, 0.4) is 0 Å². The van der Waals surface area contributed by atoms with E-state index in [1.807, 2.05) is 30.3 Å². The van der Waals surface area contributed by atoms with Crippen molar-refractivity contribution in [3.8, 4) is 11.8 Å². The monoisotopic (exact) mass is 313 g/mol. The molecule has 118 valence electrons. The molecule has 0 fully saturated rings. The fourth-order valence-corrected chi connectivity index (χ4v) is 1.66. The molecule has 0 saturated heterocycles. The maximum absolute atomic E-state index is 11.5. The quantitative estimate of drug-likeness (QED) is 0.572. The molecule has 0 atom stereocenters. The summed E-state index contributed by atoms with van der Waals surface area (Å²) in [6.45, 7) is 0.493. The van der Waals surface area contributed by atoms with E-state index in [9.17, 15) is 14.4 Å². The molecular formula is C16H15N3O4. The van der Waals surface area contributed by atoms with E-state index in [4.69, 9.17) is 4.74 Å². The number of rotatable bonds is 4. The molecule has 7 heteroatoms. The van der Waals surface area contributed by atoms with Crippen LogP contribution in [0, 0.1) is 11.8 Å². The van der Waals surface area contributed by atoms with Crippen molar-refractivity contribution < 1.29 is 9.53 Å². The average Bonchev–Trinajstić information content (AvgIpc) is 2.55. The van der Waals surface area contributed by atoms with Crippen molar-refractivity contribution >= 4 is 6.09 Å². The summed E-state index contributed by atoms with van der Waals surface area (Å²) in [4.78, 5) is 38.1. The Hall–Kier alpha value is -3.27. The van der Waals surface area contributed by atoms with Gasteiger partial charge in [0.25, 0.3) is 5.56 Å². The highest BCUT2D eigenvalue weighted by atomic mass is 16.5. The standard InChI is InChI=1S/C16H15N3O4/c20-14-13(10-18-15(21)19-14)8-4-5-9-17-16(22)23-11-12-6-2-1-3-7-12/h1-3,6-7,10H,5,9,11H2,(H,17,22)(H2,18,19,20,21). The molecule has 2 rings (SSSR count). The Morgan fingerprint density at radius 2 is 2.00 bits per heavy atom. The number of amides is 1. The number of aromatic amines is 2. The number of carbonyl (C=O) groups excluding carboxylic acids is 1. The topological polar surface area (TPSA) is 104 Å². The van der Waals surface area contributed by atoms with Crippen LogP contribution in [-0.2, 0) is 11.3 Å². The van der Waals surface area contributed by atoms with Crippen LogP contribution < -0.4 is 16.6 Å². The molecule has 0 radical (unpaired) electrons. The van der Waals surface area contributed by atoms with Gasteiger partial charge in [0.2, 0.25) is 0 Å². The summed E-state index contributed by atoms with van der Waals surface area (Å²) in [5.41, 5.74) is -0.0594. The molecule has 0 aliphatic rings. The highest BCUT2D eigenvalue weighted by Gasteiger charge is 2.00. The molecule has 0 bridgehead atoms. The molecule has 7 nitrogen and oxygen atoms in total. The number of hydrogen-bond donors (Lipinski definition) is 3. The van der Waals surface area contributed by atoms with Crippen molar-refractivity contribution in [2.45, 2.75) is 13.0 Å². The maximum Gasteiger partial charge on any atom is 0.407 e. The molecule has 0 aliphatic heterocycles. The molecule has 23 heavy (non-hydrogen) atoms. The molecule has 0 spiro atoms.